The van der Waals surface area contributed by atoms with Crippen LogP contribution in [0.1, 0.15) is 70.4 Å². The van der Waals surface area contributed by atoms with Crippen molar-refractivity contribution in [3.63, 3.8) is 0 Å². The summed E-state index contributed by atoms with van der Waals surface area (Å²) in [5.74, 6) is -0.515. The number of benzene rings is 1. The molecule has 3 amide bonds. The molecule has 0 fully saturated rings. The third kappa shape index (κ3) is 3.40. The lowest BCUT2D eigenvalue weighted by Crippen LogP contribution is -2.43. The average Bonchev–Trinajstić information content (AvgIpc) is 3.17. The minimum atomic E-state index is -0.413. The maximum atomic E-state index is 12.6. The molecule has 2 aromatic rings. The van der Waals surface area contributed by atoms with Gasteiger partial charge in [0.05, 0.1) is 23.9 Å². The van der Waals surface area contributed by atoms with Gasteiger partial charge in [0.1, 0.15) is 5.76 Å². The lowest BCUT2D eigenvalue weighted by atomic mass is 9.97. The van der Waals surface area contributed by atoms with Gasteiger partial charge in [0.25, 0.3) is 17.7 Å². The second-order valence-electron chi connectivity index (χ2n) is 7.12. The van der Waals surface area contributed by atoms with E-state index in [2.05, 4.69) is 12.2 Å². The number of hydrogen-bond acceptors (Lipinski definition) is 4. The van der Waals surface area contributed by atoms with Crippen molar-refractivity contribution in [1.82, 2.24) is 10.2 Å². The molecular weight excluding hydrogens is 332 g/mol. The van der Waals surface area contributed by atoms with Gasteiger partial charge in [-0.1, -0.05) is 13.3 Å². The van der Waals surface area contributed by atoms with E-state index in [0.29, 0.717) is 16.9 Å². The molecule has 0 saturated heterocycles. The molecule has 0 radical (unpaired) electrons. The van der Waals surface area contributed by atoms with Crippen molar-refractivity contribution in [3.05, 3.63) is 59.0 Å². The largest absolute Gasteiger partial charge is 0.467 e. The van der Waals surface area contributed by atoms with Crippen LogP contribution in [-0.2, 0) is 6.54 Å². The van der Waals surface area contributed by atoms with Crippen molar-refractivity contribution in [2.24, 2.45) is 0 Å². The highest BCUT2D eigenvalue weighted by molar-refractivity contribution is 6.22. The standard InChI is InChI=1S/C20H22N2O4/c1-4-9-20(2,3)21-17(23)13-7-8-15-16(11-13)19(25)22(18(15)24)12-14-6-5-10-26-14/h5-8,10-11H,4,9,12H2,1-3H3,(H,21,23). The smallest absolute Gasteiger partial charge is 0.261 e. The van der Waals surface area contributed by atoms with Gasteiger partial charge in [0.15, 0.2) is 0 Å². The first-order chi connectivity index (χ1) is 12.3. The molecule has 1 N–H and O–H groups in total. The third-order valence-electron chi connectivity index (χ3n) is 4.45. The van der Waals surface area contributed by atoms with Crippen molar-refractivity contribution in [3.8, 4) is 0 Å². The predicted octanol–water partition coefficient (Wildman–Crippen LogP) is 3.38. The first-order valence-corrected chi connectivity index (χ1v) is 8.67. The van der Waals surface area contributed by atoms with Crippen LogP contribution in [0.25, 0.3) is 0 Å². The van der Waals surface area contributed by atoms with Crippen LogP contribution >= 0.6 is 0 Å². The number of nitrogens with zero attached hydrogens (tertiary/aromatic N) is 1. The van der Waals surface area contributed by atoms with Gasteiger partial charge in [-0.25, -0.2) is 0 Å². The van der Waals surface area contributed by atoms with Gasteiger partial charge in [-0.3, -0.25) is 19.3 Å². The molecule has 1 aliphatic rings. The van der Waals surface area contributed by atoms with Gasteiger partial charge in [-0.15, -0.1) is 0 Å². The number of hydrogen-bond donors (Lipinski definition) is 1. The van der Waals surface area contributed by atoms with Crippen LogP contribution in [0, 0.1) is 0 Å². The van der Waals surface area contributed by atoms with E-state index >= 15 is 0 Å². The van der Waals surface area contributed by atoms with Crippen molar-refractivity contribution in [2.45, 2.75) is 45.7 Å². The van der Waals surface area contributed by atoms with Crippen molar-refractivity contribution in [1.29, 1.82) is 0 Å². The normalized spacial score (nSPS) is 13.9. The summed E-state index contributed by atoms with van der Waals surface area (Å²) < 4.78 is 5.22. The molecule has 2 heterocycles. The highest BCUT2D eigenvalue weighted by Crippen LogP contribution is 2.26. The summed E-state index contributed by atoms with van der Waals surface area (Å²) in [5, 5.41) is 2.97. The van der Waals surface area contributed by atoms with Gasteiger partial charge in [-0.05, 0) is 50.6 Å². The highest BCUT2D eigenvalue weighted by Gasteiger charge is 2.36. The number of nitrogens with one attached hydrogen (secondary N) is 1. The lowest BCUT2D eigenvalue weighted by Gasteiger charge is -2.25. The Morgan fingerprint density at radius 2 is 1.88 bits per heavy atom. The SMILES string of the molecule is CCCC(C)(C)NC(=O)c1ccc2c(c1)C(=O)N(Cc1ccco1)C2=O. The minimum absolute atomic E-state index is 0.0738. The van der Waals surface area contributed by atoms with Gasteiger partial charge in [0, 0.05) is 11.1 Å². The molecule has 0 aliphatic carbocycles. The molecule has 136 valence electrons. The number of fused-ring (bicyclic) bond motifs is 1. The fourth-order valence-corrected chi connectivity index (χ4v) is 3.20. The Kier molecular flexibility index (Phi) is 4.68. The Morgan fingerprint density at radius 1 is 1.15 bits per heavy atom. The van der Waals surface area contributed by atoms with Crippen LogP contribution in [0.5, 0.6) is 0 Å². The van der Waals surface area contributed by atoms with Crippen molar-refractivity contribution >= 4 is 17.7 Å². The Morgan fingerprint density at radius 3 is 2.54 bits per heavy atom. The fourth-order valence-electron chi connectivity index (χ4n) is 3.20. The van der Waals surface area contributed by atoms with E-state index in [1.54, 1.807) is 24.3 Å². The summed E-state index contributed by atoms with van der Waals surface area (Å²) in [6.45, 7) is 6.05. The van der Waals surface area contributed by atoms with Crippen LogP contribution in [0.2, 0.25) is 0 Å². The maximum Gasteiger partial charge on any atom is 0.261 e. The topological polar surface area (TPSA) is 79.6 Å². The molecule has 0 bridgehead atoms. The zero-order valence-electron chi connectivity index (χ0n) is 15.2. The zero-order valence-corrected chi connectivity index (χ0v) is 15.2. The van der Waals surface area contributed by atoms with Gasteiger partial charge in [-0.2, -0.15) is 0 Å². The third-order valence-corrected chi connectivity index (χ3v) is 4.45. The van der Waals surface area contributed by atoms with Crippen LogP contribution < -0.4 is 5.32 Å². The summed E-state index contributed by atoms with van der Waals surface area (Å²) >= 11 is 0. The first-order valence-electron chi connectivity index (χ1n) is 8.67. The molecule has 3 rings (SSSR count). The summed E-state index contributed by atoms with van der Waals surface area (Å²) in [5.41, 5.74) is 0.595. The van der Waals surface area contributed by atoms with E-state index in [-0.39, 0.29) is 29.5 Å². The Balaban J connectivity index is 1.82. The lowest BCUT2D eigenvalue weighted by molar-refractivity contribution is 0.0631. The molecule has 0 unspecified atom stereocenters. The number of imide groups is 1. The Bertz CT molecular complexity index is 853. The minimum Gasteiger partial charge on any atom is -0.467 e. The van der Waals surface area contributed by atoms with E-state index in [0.717, 1.165) is 17.7 Å². The molecule has 26 heavy (non-hydrogen) atoms. The van der Waals surface area contributed by atoms with Crippen LogP contribution in [-0.4, -0.2) is 28.2 Å². The number of rotatable bonds is 6. The summed E-state index contributed by atoms with van der Waals surface area (Å²) in [4.78, 5) is 38.8. The molecule has 0 spiro atoms. The van der Waals surface area contributed by atoms with E-state index < -0.39 is 5.91 Å². The monoisotopic (exact) mass is 354 g/mol. The van der Waals surface area contributed by atoms with E-state index in [1.807, 2.05) is 13.8 Å². The van der Waals surface area contributed by atoms with E-state index in [4.69, 9.17) is 4.42 Å². The Hall–Kier alpha value is -2.89. The number of furan rings is 1. The molecule has 1 aliphatic heterocycles. The Labute approximate surface area is 152 Å². The molecule has 1 aromatic carbocycles. The van der Waals surface area contributed by atoms with Crippen LogP contribution in [0.15, 0.2) is 41.0 Å². The first kappa shape index (κ1) is 17.9. The van der Waals surface area contributed by atoms with Gasteiger partial charge in [0.2, 0.25) is 0 Å². The quantitative estimate of drug-likeness (QED) is 0.807. The van der Waals surface area contributed by atoms with Crippen LogP contribution in [0.4, 0.5) is 0 Å². The summed E-state index contributed by atoms with van der Waals surface area (Å²) in [6.07, 6.45) is 3.29. The molecular formula is C20H22N2O4. The highest BCUT2D eigenvalue weighted by atomic mass is 16.3. The average molecular weight is 354 g/mol. The molecule has 6 nitrogen and oxygen atoms in total. The molecule has 0 saturated carbocycles. The number of carbonyl (C=O) groups excluding carboxylic acids is 3. The summed E-state index contributed by atoms with van der Waals surface area (Å²) in [7, 11) is 0. The van der Waals surface area contributed by atoms with Gasteiger partial charge < -0.3 is 9.73 Å². The van der Waals surface area contributed by atoms with Crippen LogP contribution in [0.3, 0.4) is 0 Å². The maximum absolute atomic E-state index is 12.6. The van der Waals surface area contributed by atoms with E-state index in [1.165, 1.54) is 12.3 Å². The number of carbonyl (C=O) groups is 3. The second kappa shape index (κ2) is 6.78. The fraction of sp³-hybridized carbons (Fsp3) is 0.350. The van der Waals surface area contributed by atoms with Gasteiger partial charge >= 0.3 is 0 Å². The predicted molar refractivity (Wildman–Crippen MR) is 95.8 cm³/mol. The molecule has 1 aromatic heterocycles. The second-order valence-corrected chi connectivity index (χ2v) is 7.12. The molecule has 6 heteroatoms. The van der Waals surface area contributed by atoms with Crippen molar-refractivity contribution < 1.29 is 18.8 Å². The zero-order chi connectivity index (χ0) is 18.9. The van der Waals surface area contributed by atoms with E-state index in [9.17, 15) is 14.4 Å². The molecule has 0 atom stereocenters. The summed E-state index contributed by atoms with van der Waals surface area (Å²) in [6, 6.07) is 8.03. The number of amides is 3. The van der Waals surface area contributed by atoms with Crippen molar-refractivity contribution in [2.75, 3.05) is 0 Å².